The molecule has 2 aliphatic rings. The molecule has 0 saturated carbocycles. The van der Waals surface area contributed by atoms with E-state index in [9.17, 15) is 13.5 Å². The number of anilines is 2. The first-order valence-corrected chi connectivity index (χ1v) is 12.6. The van der Waals surface area contributed by atoms with Gasteiger partial charge in [0.15, 0.2) is 9.84 Å². The van der Waals surface area contributed by atoms with E-state index in [1.807, 2.05) is 4.90 Å². The van der Waals surface area contributed by atoms with Gasteiger partial charge in [0.05, 0.1) is 45.6 Å². The highest BCUT2D eigenvalue weighted by atomic mass is 79.9. The van der Waals surface area contributed by atoms with Crippen molar-refractivity contribution >= 4 is 59.7 Å². The minimum atomic E-state index is -3.15. The largest absolute Gasteiger partial charge is 0.506 e. The van der Waals surface area contributed by atoms with E-state index >= 15 is 0 Å². The molecular weight excluding hydrogens is 542 g/mol. The second-order valence-corrected chi connectivity index (χ2v) is 10.8. The number of benzene rings is 1. The number of aromatic hydroxyl groups is 1. The molecule has 0 aliphatic carbocycles. The molecule has 1 fully saturated rings. The first-order valence-electron chi connectivity index (χ1n) is 9.22. The summed E-state index contributed by atoms with van der Waals surface area (Å²) in [5.74, 6) is 1.08. The average Bonchev–Trinajstić information content (AvgIpc) is 2.72. The van der Waals surface area contributed by atoms with E-state index in [0.717, 1.165) is 11.3 Å². The molecule has 1 saturated heterocycles. The number of hydrogen-bond acceptors (Lipinski definition) is 9. The van der Waals surface area contributed by atoms with Crippen LogP contribution in [-0.4, -0.2) is 61.8 Å². The van der Waals surface area contributed by atoms with Crippen molar-refractivity contribution in [3.63, 3.8) is 0 Å². The van der Waals surface area contributed by atoms with Crippen molar-refractivity contribution in [2.24, 2.45) is 5.10 Å². The number of phenolic OH excluding ortho intramolecular Hbond substituents is 1. The highest BCUT2D eigenvalue weighted by Crippen LogP contribution is 2.33. The molecule has 0 atom stereocenters. The van der Waals surface area contributed by atoms with E-state index in [2.05, 4.69) is 52.4 Å². The number of rotatable bonds is 4. The Kier molecular flexibility index (Phi) is 6.28. The molecule has 2 N–H and O–H groups in total. The van der Waals surface area contributed by atoms with Crippen LogP contribution >= 0.6 is 31.9 Å². The van der Waals surface area contributed by atoms with Crippen LogP contribution in [0.2, 0.25) is 0 Å². The molecule has 2 aromatic rings. The monoisotopic (exact) mass is 559 g/mol. The summed E-state index contributed by atoms with van der Waals surface area (Å²) in [6, 6.07) is 3.45. The third-order valence-electron chi connectivity index (χ3n) is 4.81. The predicted octanol–water partition coefficient (Wildman–Crippen LogP) is 2.46. The van der Waals surface area contributed by atoms with Crippen LogP contribution in [0, 0.1) is 0 Å². The molecule has 0 unspecified atom stereocenters. The van der Waals surface area contributed by atoms with Crippen molar-refractivity contribution in [2.45, 2.75) is 12.2 Å². The smallest absolute Gasteiger partial charge is 0.245 e. The van der Waals surface area contributed by atoms with Gasteiger partial charge in [-0.3, -0.25) is 0 Å². The summed E-state index contributed by atoms with van der Waals surface area (Å²) in [5, 5.41) is 14.0. The zero-order valence-electron chi connectivity index (χ0n) is 15.8. The number of hydrazone groups is 1. The zero-order valence-corrected chi connectivity index (χ0v) is 19.8. The fraction of sp³-hybridized carbons (Fsp3) is 0.389. The first-order chi connectivity index (χ1) is 14.3. The van der Waals surface area contributed by atoms with Crippen molar-refractivity contribution in [3.05, 3.63) is 37.9 Å². The molecule has 160 valence electrons. The summed E-state index contributed by atoms with van der Waals surface area (Å²) in [6.07, 6.45) is 1.93. The van der Waals surface area contributed by atoms with Gasteiger partial charge in [-0.1, -0.05) is 0 Å². The lowest BCUT2D eigenvalue weighted by Crippen LogP contribution is -2.38. The molecule has 0 spiro atoms. The molecule has 1 aromatic heterocycles. The highest BCUT2D eigenvalue weighted by Gasteiger charge is 2.29. The van der Waals surface area contributed by atoms with Crippen LogP contribution in [-0.2, 0) is 26.7 Å². The summed E-state index contributed by atoms with van der Waals surface area (Å²) in [7, 11) is -3.15. The van der Waals surface area contributed by atoms with Crippen molar-refractivity contribution < 1.29 is 18.3 Å². The molecule has 0 amide bonds. The zero-order chi connectivity index (χ0) is 21.3. The Balaban J connectivity index is 1.62. The number of fused-ring (bicyclic) bond motifs is 1. The molecule has 4 rings (SSSR count). The Hall–Kier alpha value is -1.76. The van der Waals surface area contributed by atoms with Gasteiger partial charge in [0.2, 0.25) is 5.95 Å². The Labute approximate surface area is 190 Å². The number of ether oxygens (including phenoxy) is 1. The lowest BCUT2D eigenvalue weighted by Gasteiger charge is -2.31. The van der Waals surface area contributed by atoms with Crippen LogP contribution in [0.3, 0.4) is 0 Å². The minimum Gasteiger partial charge on any atom is -0.506 e. The Morgan fingerprint density at radius 1 is 1.20 bits per heavy atom. The van der Waals surface area contributed by atoms with Gasteiger partial charge >= 0.3 is 0 Å². The van der Waals surface area contributed by atoms with Gasteiger partial charge in [-0.05, 0) is 49.6 Å². The van der Waals surface area contributed by atoms with E-state index in [1.54, 1.807) is 18.3 Å². The fourth-order valence-electron chi connectivity index (χ4n) is 3.33. The highest BCUT2D eigenvalue weighted by molar-refractivity contribution is 9.11. The molecule has 12 heteroatoms. The molecule has 1 aromatic carbocycles. The van der Waals surface area contributed by atoms with E-state index in [0.29, 0.717) is 59.0 Å². The van der Waals surface area contributed by atoms with Crippen molar-refractivity contribution in [1.29, 1.82) is 0 Å². The second kappa shape index (κ2) is 8.77. The van der Waals surface area contributed by atoms with Crippen molar-refractivity contribution in [1.82, 2.24) is 9.97 Å². The number of phenols is 1. The lowest BCUT2D eigenvalue weighted by molar-refractivity contribution is 0.122. The average molecular weight is 561 g/mol. The lowest BCUT2D eigenvalue weighted by atomic mass is 10.1. The number of aromatic nitrogens is 2. The Bertz CT molecular complexity index is 1080. The molecule has 0 radical (unpaired) electrons. The van der Waals surface area contributed by atoms with Gasteiger partial charge in [0.1, 0.15) is 11.6 Å². The summed E-state index contributed by atoms with van der Waals surface area (Å²) in [5.41, 5.74) is 4.99. The van der Waals surface area contributed by atoms with Crippen molar-refractivity contribution in [2.75, 3.05) is 42.4 Å². The Morgan fingerprint density at radius 2 is 1.90 bits per heavy atom. The van der Waals surface area contributed by atoms with Crippen molar-refractivity contribution in [3.8, 4) is 5.75 Å². The molecule has 0 bridgehead atoms. The summed E-state index contributed by atoms with van der Waals surface area (Å²) in [6.45, 7) is 2.41. The minimum absolute atomic E-state index is 0.0475. The fourth-order valence-corrected chi connectivity index (χ4v) is 5.93. The van der Waals surface area contributed by atoms with E-state index < -0.39 is 9.84 Å². The number of nitrogens with one attached hydrogen (secondary N) is 1. The van der Waals surface area contributed by atoms with Crippen LogP contribution in [0.5, 0.6) is 5.75 Å². The molecule has 3 heterocycles. The third kappa shape index (κ3) is 4.76. The normalized spacial score (nSPS) is 18.4. The maximum Gasteiger partial charge on any atom is 0.245 e. The van der Waals surface area contributed by atoms with Gasteiger partial charge < -0.3 is 14.7 Å². The van der Waals surface area contributed by atoms with Crippen LogP contribution in [0.25, 0.3) is 0 Å². The number of morpholine rings is 1. The molecular formula is C18H19Br2N5O4S. The number of nitrogens with zero attached hydrogens (tertiary/aromatic N) is 4. The van der Waals surface area contributed by atoms with Crippen LogP contribution in [0.15, 0.2) is 26.2 Å². The molecule has 30 heavy (non-hydrogen) atoms. The summed E-state index contributed by atoms with van der Waals surface area (Å²) >= 11 is 6.57. The van der Waals surface area contributed by atoms with E-state index in [-0.39, 0.29) is 17.3 Å². The maximum atomic E-state index is 12.2. The number of aryl methyl sites for hydroxylation is 1. The first kappa shape index (κ1) is 21.5. The second-order valence-electron chi connectivity index (χ2n) is 6.94. The number of halogens is 2. The number of hydrogen-bond donors (Lipinski definition) is 2. The topological polar surface area (TPSA) is 117 Å². The van der Waals surface area contributed by atoms with Crippen LogP contribution in [0.1, 0.15) is 16.8 Å². The van der Waals surface area contributed by atoms with Crippen LogP contribution < -0.4 is 10.3 Å². The quantitative estimate of drug-likeness (QED) is 0.432. The van der Waals surface area contributed by atoms with Gasteiger partial charge in [-0.15, -0.1) is 0 Å². The SMILES string of the molecule is O=S1(=O)CCc2nc(N/N=C/c3cc(Br)c(O)c(Br)c3)nc(N3CCOCC3)c2C1. The molecule has 9 nitrogen and oxygen atoms in total. The van der Waals surface area contributed by atoms with Gasteiger partial charge in [0, 0.05) is 25.1 Å². The molecule has 2 aliphatic heterocycles. The standard InChI is InChI=1S/C18H19Br2N5O4S/c19-13-7-11(8-14(20)16(13)26)9-21-24-18-22-15-1-6-30(27,28)10-12(15)17(23-18)25-2-4-29-5-3-25/h7-9,26H,1-6,10H2,(H,22,23,24)/b21-9+. The maximum absolute atomic E-state index is 12.2. The van der Waals surface area contributed by atoms with Gasteiger partial charge in [0.25, 0.3) is 0 Å². The predicted molar refractivity (Wildman–Crippen MR) is 121 cm³/mol. The van der Waals surface area contributed by atoms with Gasteiger partial charge in [-0.25, -0.2) is 18.8 Å². The summed E-state index contributed by atoms with van der Waals surface area (Å²) < 4.78 is 30.8. The van der Waals surface area contributed by atoms with E-state index in [4.69, 9.17) is 4.74 Å². The summed E-state index contributed by atoms with van der Waals surface area (Å²) in [4.78, 5) is 11.1. The third-order valence-corrected chi connectivity index (χ3v) is 7.58. The van der Waals surface area contributed by atoms with Gasteiger partial charge in [-0.2, -0.15) is 10.1 Å². The van der Waals surface area contributed by atoms with E-state index in [1.165, 1.54) is 0 Å². The number of sulfone groups is 1. The Morgan fingerprint density at radius 3 is 2.60 bits per heavy atom. The van der Waals surface area contributed by atoms with Crippen LogP contribution in [0.4, 0.5) is 11.8 Å².